The van der Waals surface area contributed by atoms with Gasteiger partial charge in [-0.25, -0.2) is 4.98 Å². The van der Waals surface area contributed by atoms with Crippen LogP contribution in [0.15, 0.2) is 3.92 Å². The molecule has 1 fully saturated rings. The maximum atomic E-state index is 5.29. The van der Waals surface area contributed by atoms with Crippen LogP contribution in [0.5, 0.6) is 0 Å². The summed E-state index contributed by atoms with van der Waals surface area (Å²) in [5.41, 5.74) is 0. The van der Waals surface area contributed by atoms with Crippen molar-refractivity contribution in [1.29, 1.82) is 0 Å². The fourth-order valence-corrected chi connectivity index (χ4v) is 2.75. The molecule has 65 valence electrons. The molecule has 1 radical (unpaired) electrons. The molecule has 4 heteroatoms. The van der Waals surface area contributed by atoms with E-state index in [4.69, 9.17) is 4.74 Å². The summed E-state index contributed by atoms with van der Waals surface area (Å²) in [6.07, 6.45) is 5.27. The lowest BCUT2D eigenvalue weighted by Crippen LogP contribution is -2.13. The van der Waals surface area contributed by atoms with E-state index >= 15 is 0 Å². The van der Waals surface area contributed by atoms with Gasteiger partial charge in [0.25, 0.3) is 0 Å². The fourth-order valence-electron chi connectivity index (χ4n) is 1.37. The number of halogens is 1. The second kappa shape index (κ2) is 3.85. The number of thiazole rings is 1. The van der Waals surface area contributed by atoms with Gasteiger partial charge >= 0.3 is 0 Å². The molecule has 1 saturated heterocycles. The van der Waals surface area contributed by atoms with E-state index in [1.165, 1.54) is 4.88 Å². The molecular weight excluding hydrogens is 238 g/mol. The molecule has 0 aliphatic carbocycles. The van der Waals surface area contributed by atoms with E-state index in [0.29, 0.717) is 5.92 Å². The second-order valence-corrected chi connectivity index (χ2v) is 5.14. The van der Waals surface area contributed by atoms with Crippen molar-refractivity contribution in [1.82, 2.24) is 4.98 Å². The summed E-state index contributed by atoms with van der Waals surface area (Å²) in [5.74, 6) is 0.627. The van der Waals surface area contributed by atoms with Gasteiger partial charge in [0, 0.05) is 18.1 Å². The molecule has 0 aromatic carbocycles. The lowest BCUT2D eigenvalue weighted by atomic mass is 9.99. The molecule has 0 spiro atoms. The summed E-state index contributed by atoms with van der Waals surface area (Å²) in [5, 5.41) is 0. The molecule has 2 rings (SSSR count). The van der Waals surface area contributed by atoms with Gasteiger partial charge < -0.3 is 4.74 Å². The SMILES string of the molecule is Brc1n[c]c(C2CCOCC2)s1. The van der Waals surface area contributed by atoms with Gasteiger partial charge in [-0.2, -0.15) is 0 Å². The highest BCUT2D eigenvalue weighted by Gasteiger charge is 2.18. The first kappa shape index (κ1) is 8.66. The molecule has 0 atom stereocenters. The summed E-state index contributed by atoms with van der Waals surface area (Å²) in [6.45, 7) is 1.77. The molecular formula is C8H9BrNOS. The van der Waals surface area contributed by atoms with Gasteiger partial charge in [0.2, 0.25) is 0 Å². The van der Waals surface area contributed by atoms with Crippen LogP contribution < -0.4 is 0 Å². The topological polar surface area (TPSA) is 22.1 Å². The molecule has 1 aliphatic rings. The van der Waals surface area contributed by atoms with Gasteiger partial charge in [0.1, 0.15) is 6.20 Å². The fraction of sp³-hybridized carbons (Fsp3) is 0.625. The van der Waals surface area contributed by atoms with Crippen LogP contribution >= 0.6 is 27.3 Å². The number of nitrogens with zero attached hydrogens (tertiary/aromatic N) is 1. The van der Waals surface area contributed by atoms with Crippen molar-refractivity contribution in [3.8, 4) is 0 Å². The van der Waals surface area contributed by atoms with Gasteiger partial charge in [-0.3, -0.25) is 0 Å². The molecule has 1 aromatic rings. The van der Waals surface area contributed by atoms with Gasteiger partial charge in [0.05, 0.1) is 0 Å². The van der Waals surface area contributed by atoms with Crippen LogP contribution in [0.2, 0.25) is 0 Å². The zero-order chi connectivity index (χ0) is 8.39. The van der Waals surface area contributed by atoms with Crippen molar-refractivity contribution >= 4 is 27.3 Å². The molecule has 2 nitrogen and oxygen atoms in total. The van der Waals surface area contributed by atoms with Crippen molar-refractivity contribution in [2.24, 2.45) is 0 Å². The van der Waals surface area contributed by atoms with Crippen LogP contribution in [-0.4, -0.2) is 18.2 Å². The predicted molar refractivity (Wildman–Crippen MR) is 51.4 cm³/mol. The van der Waals surface area contributed by atoms with E-state index in [1.807, 2.05) is 0 Å². The van der Waals surface area contributed by atoms with E-state index in [1.54, 1.807) is 11.3 Å². The third-order valence-corrected chi connectivity index (χ3v) is 3.61. The normalized spacial score (nSPS) is 19.8. The van der Waals surface area contributed by atoms with E-state index in [2.05, 4.69) is 27.1 Å². The predicted octanol–water partition coefficient (Wildman–Crippen LogP) is 2.60. The van der Waals surface area contributed by atoms with Crippen LogP contribution in [-0.2, 0) is 4.74 Å². The lowest BCUT2D eigenvalue weighted by molar-refractivity contribution is 0.0859. The van der Waals surface area contributed by atoms with E-state index in [-0.39, 0.29) is 0 Å². The molecule has 12 heavy (non-hydrogen) atoms. The van der Waals surface area contributed by atoms with Crippen LogP contribution in [0.25, 0.3) is 0 Å². The zero-order valence-electron chi connectivity index (χ0n) is 6.55. The maximum Gasteiger partial charge on any atom is 0.160 e. The molecule has 1 aromatic heterocycles. The van der Waals surface area contributed by atoms with Gasteiger partial charge in [-0.05, 0) is 34.7 Å². The first-order valence-corrected chi connectivity index (χ1v) is 5.59. The molecule has 0 unspecified atom stereocenters. The number of hydrogen-bond acceptors (Lipinski definition) is 3. The Kier molecular flexibility index (Phi) is 2.78. The molecule has 0 bridgehead atoms. The van der Waals surface area contributed by atoms with Crippen molar-refractivity contribution in [3.05, 3.63) is 15.0 Å². The summed E-state index contributed by atoms with van der Waals surface area (Å²) < 4.78 is 6.22. The Hall–Kier alpha value is 0.0700. The van der Waals surface area contributed by atoms with E-state index in [9.17, 15) is 0 Å². The van der Waals surface area contributed by atoms with Crippen LogP contribution in [0.1, 0.15) is 23.6 Å². The highest BCUT2D eigenvalue weighted by Crippen LogP contribution is 2.31. The number of aromatic nitrogens is 1. The monoisotopic (exact) mass is 246 g/mol. The highest BCUT2D eigenvalue weighted by molar-refractivity contribution is 9.11. The third kappa shape index (κ3) is 1.87. The Morgan fingerprint density at radius 3 is 2.83 bits per heavy atom. The Morgan fingerprint density at radius 1 is 1.50 bits per heavy atom. The van der Waals surface area contributed by atoms with Gasteiger partial charge in [0.15, 0.2) is 3.92 Å². The Balaban J connectivity index is 2.08. The smallest absolute Gasteiger partial charge is 0.160 e. The summed E-state index contributed by atoms with van der Waals surface area (Å²) in [7, 11) is 0. The average molecular weight is 247 g/mol. The first-order valence-electron chi connectivity index (χ1n) is 3.98. The Labute approximate surface area is 84.1 Å². The first-order chi connectivity index (χ1) is 5.86. The number of ether oxygens (including phenoxy) is 1. The van der Waals surface area contributed by atoms with E-state index in [0.717, 1.165) is 30.0 Å². The second-order valence-electron chi connectivity index (χ2n) is 2.83. The van der Waals surface area contributed by atoms with Crippen molar-refractivity contribution in [2.45, 2.75) is 18.8 Å². The summed E-state index contributed by atoms with van der Waals surface area (Å²) in [4.78, 5) is 5.33. The number of rotatable bonds is 1. The standard InChI is InChI=1S/C8H9BrNOS/c9-8-10-5-7(12-8)6-1-3-11-4-2-6/h6H,1-4H2. The molecule has 0 N–H and O–H groups in total. The zero-order valence-corrected chi connectivity index (χ0v) is 8.95. The Morgan fingerprint density at radius 2 is 2.25 bits per heavy atom. The minimum absolute atomic E-state index is 0.627. The van der Waals surface area contributed by atoms with Gasteiger partial charge in [-0.15, -0.1) is 11.3 Å². The van der Waals surface area contributed by atoms with Gasteiger partial charge in [-0.1, -0.05) is 0 Å². The van der Waals surface area contributed by atoms with Crippen LogP contribution in [0.4, 0.5) is 0 Å². The molecule has 0 amide bonds. The van der Waals surface area contributed by atoms with Crippen molar-refractivity contribution in [3.63, 3.8) is 0 Å². The largest absolute Gasteiger partial charge is 0.381 e. The lowest BCUT2D eigenvalue weighted by Gasteiger charge is -2.19. The highest BCUT2D eigenvalue weighted by atomic mass is 79.9. The van der Waals surface area contributed by atoms with Crippen LogP contribution in [0, 0.1) is 6.20 Å². The van der Waals surface area contributed by atoms with Crippen LogP contribution in [0.3, 0.4) is 0 Å². The summed E-state index contributed by atoms with van der Waals surface area (Å²) in [6, 6.07) is 0. The van der Waals surface area contributed by atoms with E-state index < -0.39 is 0 Å². The average Bonchev–Trinajstić information content (AvgIpc) is 2.54. The summed E-state index contributed by atoms with van der Waals surface area (Å²) >= 11 is 5.03. The van der Waals surface area contributed by atoms with Crippen molar-refractivity contribution < 1.29 is 4.74 Å². The Bertz CT molecular complexity index is 257. The maximum absolute atomic E-state index is 5.29. The van der Waals surface area contributed by atoms with Crippen molar-refractivity contribution in [2.75, 3.05) is 13.2 Å². The molecule has 0 saturated carbocycles. The quantitative estimate of drug-likeness (QED) is 0.761. The minimum atomic E-state index is 0.627. The third-order valence-electron chi connectivity index (χ3n) is 2.04. The number of hydrogen-bond donors (Lipinski definition) is 0. The molecule has 2 heterocycles. The minimum Gasteiger partial charge on any atom is -0.381 e. The molecule has 1 aliphatic heterocycles.